The van der Waals surface area contributed by atoms with Gasteiger partial charge in [0.25, 0.3) is 5.56 Å². The lowest BCUT2D eigenvalue weighted by Gasteiger charge is -2.30. The zero-order chi connectivity index (χ0) is 22.3. The van der Waals surface area contributed by atoms with Gasteiger partial charge in [0.1, 0.15) is 10.7 Å². The largest absolute Gasteiger partial charge is 0.389 e. The van der Waals surface area contributed by atoms with E-state index in [0.717, 1.165) is 55.4 Å². The summed E-state index contributed by atoms with van der Waals surface area (Å²) in [7, 11) is 1.58. The van der Waals surface area contributed by atoms with E-state index < -0.39 is 6.10 Å². The number of aromatic nitrogens is 2. The molecule has 8 nitrogen and oxygen atoms in total. The predicted octanol–water partition coefficient (Wildman–Crippen LogP) is 1.79. The molecule has 0 amide bonds. The number of benzene rings is 1. The van der Waals surface area contributed by atoms with Gasteiger partial charge >= 0.3 is 0 Å². The van der Waals surface area contributed by atoms with Crippen molar-refractivity contribution < 1.29 is 14.6 Å². The molecule has 4 rings (SSSR count). The van der Waals surface area contributed by atoms with Crippen LogP contribution in [0.25, 0.3) is 21.3 Å². The number of thiophene rings is 1. The van der Waals surface area contributed by atoms with Gasteiger partial charge in [-0.25, -0.2) is 4.98 Å². The molecule has 1 saturated heterocycles. The van der Waals surface area contributed by atoms with Gasteiger partial charge in [0.05, 0.1) is 37.9 Å². The highest BCUT2D eigenvalue weighted by molar-refractivity contribution is 7.17. The molecule has 0 saturated carbocycles. The lowest BCUT2D eigenvalue weighted by atomic mass is 10.1. The average Bonchev–Trinajstić information content (AvgIpc) is 3.23. The summed E-state index contributed by atoms with van der Waals surface area (Å²) in [4.78, 5) is 25.9. The molecule has 172 valence electrons. The van der Waals surface area contributed by atoms with E-state index in [4.69, 9.17) is 14.5 Å². The number of aliphatic hydroxyl groups is 1. The quantitative estimate of drug-likeness (QED) is 0.479. The minimum Gasteiger partial charge on any atom is -0.389 e. The predicted molar refractivity (Wildman–Crippen MR) is 126 cm³/mol. The van der Waals surface area contributed by atoms with Crippen molar-refractivity contribution in [3.63, 3.8) is 0 Å². The van der Waals surface area contributed by atoms with Crippen molar-refractivity contribution in [2.45, 2.75) is 12.6 Å². The van der Waals surface area contributed by atoms with E-state index in [1.54, 1.807) is 7.11 Å². The van der Waals surface area contributed by atoms with Gasteiger partial charge in [-0.3, -0.25) is 14.6 Å². The van der Waals surface area contributed by atoms with Crippen LogP contribution in [0.3, 0.4) is 0 Å². The summed E-state index contributed by atoms with van der Waals surface area (Å²) < 4.78 is 10.5. The van der Waals surface area contributed by atoms with E-state index in [2.05, 4.69) is 14.8 Å². The molecule has 3 aromatic rings. The standard InChI is InChI=1S/C23H30N4O4S/c1-30-15-18(28)13-27(8-7-26-9-11-31-12-10-26)14-20-24-22(29)21-19(16-32-23(21)25-20)17-5-3-2-4-6-17/h2-6,16,18,28H,7-15H2,1H3,(H,24,25,29). The number of methoxy groups -OCH3 is 1. The van der Waals surface area contributed by atoms with Crippen LogP contribution >= 0.6 is 11.3 Å². The second-order valence-corrected chi connectivity index (χ2v) is 8.86. The molecule has 0 spiro atoms. The van der Waals surface area contributed by atoms with E-state index in [0.29, 0.717) is 24.3 Å². The van der Waals surface area contributed by atoms with Crippen molar-refractivity contribution in [1.29, 1.82) is 0 Å². The van der Waals surface area contributed by atoms with Crippen LogP contribution in [-0.2, 0) is 16.0 Å². The molecule has 9 heteroatoms. The van der Waals surface area contributed by atoms with Crippen molar-refractivity contribution in [3.8, 4) is 11.1 Å². The maximum Gasteiger partial charge on any atom is 0.260 e. The second-order valence-electron chi connectivity index (χ2n) is 8.01. The minimum atomic E-state index is -0.605. The number of morpholine rings is 1. The average molecular weight is 459 g/mol. The number of nitrogens with zero attached hydrogens (tertiary/aromatic N) is 3. The number of ether oxygens (including phenoxy) is 2. The molecule has 0 aliphatic carbocycles. The summed E-state index contributed by atoms with van der Waals surface area (Å²) in [6.07, 6.45) is -0.605. The van der Waals surface area contributed by atoms with Crippen LogP contribution in [0.4, 0.5) is 0 Å². The molecular weight excluding hydrogens is 428 g/mol. The van der Waals surface area contributed by atoms with E-state index in [1.807, 2.05) is 35.7 Å². The highest BCUT2D eigenvalue weighted by Crippen LogP contribution is 2.30. The number of H-pyrrole nitrogens is 1. The highest BCUT2D eigenvalue weighted by atomic mass is 32.1. The summed E-state index contributed by atoms with van der Waals surface area (Å²) in [5.41, 5.74) is 1.79. The summed E-state index contributed by atoms with van der Waals surface area (Å²) >= 11 is 1.48. The SMILES string of the molecule is COCC(O)CN(CCN1CCOCC1)Cc1nc2scc(-c3ccccc3)c2c(=O)[nH]1. The third-order valence-electron chi connectivity index (χ3n) is 5.62. The normalized spacial score (nSPS) is 16.1. The van der Waals surface area contributed by atoms with Crippen LogP contribution < -0.4 is 5.56 Å². The van der Waals surface area contributed by atoms with Crippen molar-refractivity contribution in [2.24, 2.45) is 0 Å². The van der Waals surface area contributed by atoms with Crippen molar-refractivity contribution in [1.82, 2.24) is 19.8 Å². The van der Waals surface area contributed by atoms with Gasteiger partial charge < -0.3 is 19.6 Å². The lowest BCUT2D eigenvalue weighted by Crippen LogP contribution is -2.43. The third kappa shape index (κ3) is 5.80. The Morgan fingerprint density at radius 3 is 2.84 bits per heavy atom. The zero-order valence-corrected chi connectivity index (χ0v) is 19.1. The molecule has 2 aromatic heterocycles. The maximum atomic E-state index is 13.0. The Labute approximate surface area is 191 Å². The fourth-order valence-corrected chi connectivity index (χ4v) is 4.96. The Morgan fingerprint density at radius 2 is 2.09 bits per heavy atom. The monoisotopic (exact) mass is 458 g/mol. The van der Waals surface area contributed by atoms with Gasteiger partial charge in [0.15, 0.2) is 0 Å². The first-order chi connectivity index (χ1) is 15.6. The number of hydrogen-bond acceptors (Lipinski definition) is 8. The summed E-state index contributed by atoms with van der Waals surface area (Å²) in [6.45, 7) is 6.10. The van der Waals surface area contributed by atoms with Gasteiger partial charge in [-0.15, -0.1) is 11.3 Å². The zero-order valence-electron chi connectivity index (χ0n) is 18.3. The summed E-state index contributed by atoms with van der Waals surface area (Å²) in [5.74, 6) is 0.607. The Kier molecular flexibility index (Phi) is 8.01. The second kappa shape index (κ2) is 11.1. The van der Waals surface area contributed by atoms with E-state index in [9.17, 15) is 9.90 Å². The van der Waals surface area contributed by atoms with E-state index in [1.165, 1.54) is 11.3 Å². The minimum absolute atomic E-state index is 0.129. The fraction of sp³-hybridized carbons (Fsp3) is 0.478. The Balaban J connectivity index is 1.52. The number of nitrogens with one attached hydrogen (secondary N) is 1. The first kappa shape index (κ1) is 23.0. The summed E-state index contributed by atoms with van der Waals surface area (Å²) in [5, 5.41) is 12.9. The molecule has 32 heavy (non-hydrogen) atoms. The molecule has 1 fully saturated rings. The number of fused-ring (bicyclic) bond motifs is 1. The van der Waals surface area contributed by atoms with Crippen LogP contribution in [0.5, 0.6) is 0 Å². The molecule has 3 heterocycles. The lowest BCUT2D eigenvalue weighted by molar-refractivity contribution is 0.0177. The first-order valence-corrected chi connectivity index (χ1v) is 11.8. The fourth-order valence-electron chi connectivity index (χ4n) is 4.00. The first-order valence-electron chi connectivity index (χ1n) is 10.9. The van der Waals surface area contributed by atoms with E-state index >= 15 is 0 Å². The maximum absolute atomic E-state index is 13.0. The van der Waals surface area contributed by atoms with Crippen LogP contribution in [0.1, 0.15) is 5.82 Å². The number of rotatable bonds is 10. The molecule has 1 aliphatic heterocycles. The Hall–Kier alpha value is -2.14. The molecule has 0 radical (unpaired) electrons. The topological polar surface area (TPSA) is 90.9 Å². The molecule has 1 aromatic carbocycles. The van der Waals surface area contributed by atoms with Gasteiger partial charge in [-0.05, 0) is 5.56 Å². The molecule has 0 bridgehead atoms. The van der Waals surface area contributed by atoms with Crippen LogP contribution in [-0.4, -0.2) is 90.6 Å². The van der Waals surface area contributed by atoms with Gasteiger partial charge in [0, 0.05) is 50.8 Å². The molecule has 1 unspecified atom stereocenters. The molecule has 1 aliphatic rings. The Bertz CT molecular complexity index is 1050. The summed E-state index contributed by atoms with van der Waals surface area (Å²) in [6, 6.07) is 9.89. The number of aromatic amines is 1. The van der Waals surface area contributed by atoms with Gasteiger partial charge in [0.2, 0.25) is 0 Å². The van der Waals surface area contributed by atoms with Crippen LogP contribution in [0.15, 0.2) is 40.5 Å². The van der Waals surface area contributed by atoms with Crippen molar-refractivity contribution in [2.75, 3.05) is 59.7 Å². The van der Waals surface area contributed by atoms with E-state index in [-0.39, 0.29) is 12.2 Å². The van der Waals surface area contributed by atoms with Gasteiger partial charge in [-0.2, -0.15) is 0 Å². The van der Waals surface area contributed by atoms with Crippen LogP contribution in [0, 0.1) is 0 Å². The Morgan fingerprint density at radius 1 is 1.31 bits per heavy atom. The molecule has 1 atom stereocenters. The van der Waals surface area contributed by atoms with Crippen molar-refractivity contribution in [3.05, 3.63) is 51.9 Å². The van der Waals surface area contributed by atoms with Crippen LogP contribution in [0.2, 0.25) is 0 Å². The number of aliphatic hydroxyl groups excluding tert-OH is 1. The molecule has 2 N–H and O–H groups in total. The highest BCUT2D eigenvalue weighted by Gasteiger charge is 2.18. The smallest absolute Gasteiger partial charge is 0.260 e. The number of hydrogen-bond donors (Lipinski definition) is 2. The molecular formula is C23H30N4O4S. The van der Waals surface area contributed by atoms with Crippen molar-refractivity contribution >= 4 is 21.6 Å². The van der Waals surface area contributed by atoms with Gasteiger partial charge in [-0.1, -0.05) is 30.3 Å². The third-order valence-corrected chi connectivity index (χ3v) is 6.49.